The lowest BCUT2D eigenvalue weighted by molar-refractivity contribution is -0.131. The minimum Gasteiger partial charge on any atom is -0.343 e. The van der Waals surface area contributed by atoms with E-state index in [1.807, 2.05) is 28.0 Å². The van der Waals surface area contributed by atoms with Crippen molar-refractivity contribution in [1.82, 2.24) is 4.90 Å². The van der Waals surface area contributed by atoms with Gasteiger partial charge in [-0.2, -0.15) is 0 Å². The molecule has 0 fully saturated rings. The van der Waals surface area contributed by atoms with E-state index in [0.29, 0.717) is 25.2 Å². The van der Waals surface area contributed by atoms with Gasteiger partial charge in [-0.15, -0.1) is 0 Å². The first-order chi connectivity index (χ1) is 12.1. The number of benzene rings is 1. The Morgan fingerprint density at radius 1 is 1.12 bits per heavy atom. The third-order valence-corrected chi connectivity index (χ3v) is 4.77. The molecule has 1 aliphatic rings. The van der Waals surface area contributed by atoms with Gasteiger partial charge in [0, 0.05) is 38.2 Å². The first-order valence-corrected chi connectivity index (χ1v) is 9.72. The molecule has 1 atom stereocenters. The molecule has 0 radical (unpaired) electrons. The van der Waals surface area contributed by atoms with Gasteiger partial charge in [0.25, 0.3) is 0 Å². The number of carbonyl (C=O) groups excluding carboxylic acids is 2. The molecular weight excluding hydrogens is 312 g/mol. The van der Waals surface area contributed by atoms with Crippen LogP contribution in [0.5, 0.6) is 0 Å². The molecule has 4 heteroatoms. The number of nitrogens with zero attached hydrogens (tertiary/aromatic N) is 2. The molecule has 25 heavy (non-hydrogen) atoms. The van der Waals surface area contributed by atoms with Crippen molar-refractivity contribution in [2.45, 2.75) is 59.3 Å². The first-order valence-electron chi connectivity index (χ1n) is 9.72. The third-order valence-electron chi connectivity index (χ3n) is 4.77. The lowest BCUT2D eigenvalue weighted by atomic mass is 9.93. The summed E-state index contributed by atoms with van der Waals surface area (Å²) in [7, 11) is 0. The zero-order chi connectivity index (χ0) is 18.2. The van der Waals surface area contributed by atoms with Crippen LogP contribution in [0.3, 0.4) is 0 Å². The van der Waals surface area contributed by atoms with Crippen LogP contribution in [0.15, 0.2) is 24.3 Å². The second-order valence-corrected chi connectivity index (χ2v) is 7.18. The van der Waals surface area contributed by atoms with Gasteiger partial charge >= 0.3 is 0 Å². The van der Waals surface area contributed by atoms with Crippen LogP contribution in [0.1, 0.15) is 58.4 Å². The van der Waals surface area contributed by atoms with Gasteiger partial charge in [0.15, 0.2) is 0 Å². The number of para-hydroxylation sites is 1. The summed E-state index contributed by atoms with van der Waals surface area (Å²) in [5, 5.41) is 0. The van der Waals surface area contributed by atoms with Crippen LogP contribution in [0, 0.1) is 5.92 Å². The molecule has 2 amide bonds. The highest BCUT2D eigenvalue weighted by Gasteiger charge is 2.25. The van der Waals surface area contributed by atoms with Crippen LogP contribution in [-0.2, 0) is 16.0 Å². The summed E-state index contributed by atoms with van der Waals surface area (Å²) < 4.78 is 0. The molecule has 1 aromatic rings. The molecule has 0 N–H and O–H groups in total. The molecule has 1 heterocycles. The van der Waals surface area contributed by atoms with Crippen LogP contribution < -0.4 is 4.90 Å². The summed E-state index contributed by atoms with van der Waals surface area (Å²) in [5.41, 5.74) is 2.30. The van der Waals surface area contributed by atoms with Gasteiger partial charge in [0.1, 0.15) is 0 Å². The molecular formula is C21H32N2O2. The van der Waals surface area contributed by atoms with Crippen LogP contribution in [0.25, 0.3) is 0 Å². The largest absolute Gasteiger partial charge is 0.343 e. The summed E-state index contributed by atoms with van der Waals surface area (Å²) >= 11 is 0. The van der Waals surface area contributed by atoms with E-state index in [1.54, 1.807) is 0 Å². The lowest BCUT2D eigenvalue weighted by Crippen LogP contribution is -2.39. The normalized spacial score (nSPS) is 16.4. The van der Waals surface area contributed by atoms with Gasteiger partial charge in [-0.05, 0) is 43.2 Å². The van der Waals surface area contributed by atoms with Gasteiger partial charge in [-0.3, -0.25) is 9.59 Å². The topological polar surface area (TPSA) is 40.6 Å². The summed E-state index contributed by atoms with van der Waals surface area (Å²) in [6.45, 7) is 8.78. The summed E-state index contributed by atoms with van der Waals surface area (Å²) in [6, 6.07) is 8.18. The molecule has 0 spiro atoms. The number of amides is 2. The molecule has 2 rings (SSSR count). The highest BCUT2D eigenvalue weighted by molar-refractivity contribution is 5.94. The Hall–Kier alpha value is -1.84. The number of hydrogen-bond donors (Lipinski definition) is 0. The molecule has 0 aliphatic carbocycles. The Balaban J connectivity index is 1.89. The van der Waals surface area contributed by atoms with E-state index in [0.717, 1.165) is 44.6 Å². The zero-order valence-corrected chi connectivity index (χ0v) is 16.0. The van der Waals surface area contributed by atoms with Crippen LogP contribution in [-0.4, -0.2) is 36.3 Å². The molecule has 0 saturated heterocycles. The third kappa shape index (κ3) is 5.32. The van der Waals surface area contributed by atoms with E-state index in [9.17, 15) is 9.59 Å². The Kier molecular flexibility index (Phi) is 7.48. The number of hydrogen-bond acceptors (Lipinski definition) is 2. The first kappa shape index (κ1) is 19.5. The number of fused-ring (bicyclic) bond motifs is 1. The maximum atomic E-state index is 12.7. The van der Waals surface area contributed by atoms with Crippen molar-refractivity contribution in [2.24, 2.45) is 5.92 Å². The zero-order valence-electron chi connectivity index (χ0n) is 16.0. The van der Waals surface area contributed by atoms with E-state index in [1.165, 1.54) is 5.56 Å². The van der Waals surface area contributed by atoms with Crippen molar-refractivity contribution in [3.05, 3.63) is 29.8 Å². The fourth-order valence-electron chi connectivity index (χ4n) is 3.62. The number of carbonyl (C=O) groups is 2. The summed E-state index contributed by atoms with van der Waals surface area (Å²) in [5.74, 6) is 0.804. The van der Waals surface area contributed by atoms with Crippen molar-refractivity contribution >= 4 is 17.5 Å². The minimum absolute atomic E-state index is 0.143. The van der Waals surface area contributed by atoms with Gasteiger partial charge in [-0.1, -0.05) is 39.0 Å². The monoisotopic (exact) mass is 344 g/mol. The Labute approximate surface area is 152 Å². The summed E-state index contributed by atoms with van der Waals surface area (Å²) in [4.78, 5) is 28.9. The molecule has 0 saturated carbocycles. The molecule has 4 nitrogen and oxygen atoms in total. The van der Waals surface area contributed by atoms with Crippen molar-refractivity contribution < 1.29 is 9.59 Å². The molecule has 0 bridgehead atoms. The average Bonchev–Trinajstić information content (AvgIpc) is 2.60. The van der Waals surface area contributed by atoms with Gasteiger partial charge in [0.05, 0.1) is 0 Å². The predicted molar refractivity (Wildman–Crippen MR) is 103 cm³/mol. The van der Waals surface area contributed by atoms with Crippen LogP contribution in [0.4, 0.5) is 5.69 Å². The second kappa shape index (κ2) is 9.59. The van der Waals surface area contributed by atoms with Crippen molar-refractivity contribution in [3.8, 4) is 0 Å². The SMILES string of the molecule is CCCN(CCC)C(=O)CCCC(=O)N1CC(C)Cc2ccccc21. The average molecular weight is 344 g/mol. The maximum absolute atomic E-state index is 12.7. The smallest absolute Gasteiger partial charge is 0.227 e. The summed E-state index contributed by atoms with van der Waals surface area (Å²) in [6.07, 6.45) is 4.53. The van der Waals surface area contributed by atoms with E-state index in [2.05, 4.69) is 26.8 Å². The molecule has 1 aliphatic heterocycles. The fourth-order valence-corrected chi connectivity index (χ4v) is 3.62. The molecule has 0 aromatic heterocycles. The Morgan fingerprint density at radius 2 is 1.80 bits per heavy atom. The quantitative estimate of drug-likeness (QED) is 0.714. The van der Waals surface area contributed by atoms with E-state index in [-0.39, 0.29) is 11.8 Å². The predicted octanol–water partition coefficient (Wildman–Crippen LogP) is 4.03. The molecule has 1 aromatic carbocycles. The Bertz CT molecular complexity index is 579. The number of anilines is 1. The van der Waals surface area contributed by atoms with E-state index in [4.69, 9.17) is 0 Å². The van der Waals surface area contributed by atoms with E-state index >= 15 is 0 Å². The number of rotatable bonds is 8. The van der Waals surface area contributed by atoms with Crippen LogP contribution >= 0.6 is 0 Å². The van der Waals surface area contributed by atoms with Crippen molar-refractivity contribution in [1.29, 1.82) is 0 Å². The molecule has 1 unspecified atom stereocenters. The van der Waals surface area contributed by atoms with Crippen molar-refractivity contribution in [3.63, 3.8) is 0 Å². The maximum Gasteiger partial charge on any atom is 0.227 e. The van der Waals surface area contributed by atoms with Gasteiger partial charge in [0.2, 0.25) is 11.8 Å². The fraction of sp³-hybridized carbons (Fsp3) is 0.619. The second-order valence-electron chi connectivity index (χ2n) is 7.18. The standard InChI is InChI=1S/C21H32N2O2/c1-4-13-22(14-5-2)20(24)11-8-12-21(25)23-16-17(3)15-18-9-6-7-10-19(18)23/h6-7,9-10,17H,4-5,8,11-16H2,1-3H3. The van der Waals surface area contributed by atoms with Gasteiger partial charge < -0.3 is 9.80 Å². The van der Waals surface area contributed by atoms with Crippen molar-refractivity contribution in [2.75, 3.05) is 24.5 Å². The Morgan fingerprint density at radius 3 is 2.48 bits per heavy atom. The minimum atomic E-state index is 0.143. The van der Waals surface area contributed by atoms with E-state index < -0.39 is 0 Å². The highest BCUT2D eigenvalue weighted by atomic mass is 16.2. The van der Waals surface area contributed by atoms with Crippen LogP contribution in [0.2, 0.25) is 0 Å². The lowest BCUT2D eigenvalue weighted by Gasteiger charge is -2.33. The molecule has 138 valence electrons. The highest BCUT2D eigenvalue weighted by Crippen LogP contribution is 2.30. The van der Waals surface area contributed by atoms with Gasteiger partial charge in [-0.25, -0.2) is 0 Å².